The Hall–Kier alpha value is -1.15. The average Bonchev–Trinajstić information content (AvgIpc) is 2.57. The van der Waals surface area contributed by atoms with E-state index in [4.69, 9.17) is 0 Å². The molecule has 0 saturated heterocycles. The van der Waals surface area contributed by atoms with Crippen molar-refractivity contribution in [2.24, 2.45) is 4.99 Å². The number of aliphatic imine (C=N–C) groups is 1. The topological polar surface area (TPSA) is 12.4 Å². The van der Waals surface area contributed by atoms with Crippen molar-refractivity contribution in [2.45, 2.75) is 33.2 Å². The van der Waals surface area contributed by atoms with Gasteiger partial charge in [-0.25, -0.2) is 0 Å². The quantitative estimate of drug-likeness (QED) is 0.724. The highest BCUT2D eigenvalue weighted by Crippen LogP contribution is 2.33. The molecule has 0 fully saturated rings. The third-order valence-electron chi connectivity index (χ3n) is 2.68. The SMILES string of the molecule is C/C=C\c1sc2c(c1/C=C\C)C=NC(C)C2. The van der Waals surface area contributed by atoms with Crippen LogP contribution in [0, 0.1) is 0 Å². The van der Waals surface area contributed by atoms with Crippen molar-refractivity contribution >= 4 is 29.7 Å². The molecule has 1 atom stereocenters. The number of thiophene rings is 1. The predicted molar refractivity (Wildman–Crippen MR) is 74.5 cm³/mol. The first kappa shape index (κ1) is 11.3. The molecule has 16 heavy (non-hydrogen) atoms. The number of hydrogen-bond acceptors (Lipinski definition) is 2. The Morgan fingerprint density at radius 1 is 1.31 bits per heavy atom. The van der Waals surface area contributed by atoms with Gasteiger partial charge in [0, 0.05) is 33.5 Å². The summed E-state index contributed by atoms with van der Waals surface area (Å²) in [6.07, 6.45) is 11.7. The van der Waals surface area contributed by atoms with Gasteiger partial charge in [0.25, 0.3) is 0 Å². The van der Waals surface area contributed by atoms with E-state index in [0.717, 1.165) is 6.42 Å². The van der Waals surface area contributed by atoms with Gasteiger partial charge in [0.1, 0.15) is 0 Å². The Balaban J connectivity index is 2.54. The second-order valence-corrected chi connectivity index (χ2v) is 5.18. The van der Waals surface area contributed by atoms with Crippen LogP contribution in [0.4, 0.5) is 0 Å². The van der Waals surface area contributed by atoms with E-state index in [9.17, 15) is 0 Å². The van der Waals surface area contributed by atoms with Gasteiger partial charge < -0.3 is 0 Å². The Labute approximate surface area is 101 Å². The van der Waals surface area contributed by atoms with E-state index < -0.39 is 0 Å². The fourth-order valence-electron chi connectivity index (χ4n) is 1.96. The predicted octanol–water partition coefficient (Wildman–Crippen LogP) is 4.18. The largest absolute Gasteiger partial charge is 0.289 e. The zero-order chi connectivity index (χ0) is 11.5. The normalized spacial score (nSPS) is 19.8. The maximum Gasteiger partial charge on any atom is 0.0520 e. The van der Waals surface area contributed by atoms with Crippen LogP contribution in [0.3, 0.4) is 0 Å². The van der Waals surface area contributed by atoms with Gasteiger partial charge in [0.05, 0.1) is 6.04 Å². The van der Waals surface area contributed by atoms with E-state index in [1.54, 1.807) is 0 Å². The van der Waals surface area contributed by atoms with E-state index in [0.29, 0.717) is 6.04 Å². The summed E-state index contributed by atoms with van der Waals surface area (Å²) >= 11 is 1.90. The van der Waals surface area contributed by atoms with E-state index in [1.165, 1.54) is 20.9 Å². The van der Waals surface area contributed by atoms with Crippen LogP contribution >= 0.6 is 11.3 Å². The van der Waals surface area contributed by atoms with Crippen molar-refractivity contribution in [3.63, 3.8) is 0 Å². The van der Waals surface area contributed by atoms with Gasteiger partial charge in [-0.2, -0.15) is 0 Å². The summed E-state index contributed by atoms with van der Waals surface area (Å²) in [6, 6.07) is 0.433. The minimum atomic E-state index is 0.433. The molecular formula is C14H17NS. The van der Waals surface area contributed by atoms with Gasteiger partial charge in [-0.1, -0.05) is 18.2 Å². The molecule has 1 aromatic rings. The van der Waals surface area contributed by atoms with Crippen LogP contribution in [-0.4, -0.2) is 12.3 Å². The Kier molecular flexibility index (Phi) is 3.39. The summed E-state index contributed by atoms with van der Waals surface area (Å²) in [5, 5.41) is 0. The Morgan fingerprint density at radius 3 is 2.75 bits per heavy atom. The lowest BCUT2D eigenvalue weighted by Gasteiger charge is -2.11. The lowest BCUT2D eigenvalue weighted by Crippen LogP contribution is -2.09. The van der Waals surface area contributed by atoms with Crippen molar-refractivity contribution in [2.75, 3.05) is 0 Å². The number of nitrogens with zero attached hydrogens (tertiary/aromatic N) is 1. The maximum absolute atomic E-state index is 4.51. The number of hydrogen-bond donors (Lipinski definition) is 0. The van der Waals surface area contributed by atoms with Gasteiger partial charge in [-0.15, -0.1) is 11.3 Å². The van der Waals surface area contributed by atoms with Gasteiger partial charge in [-0.3, -0.25) is 4.99 Å². The number of allylic oxidation sites excluding steroid dienone is 2. The number of rotatable bonds is 2. The van der Waals surface area contributed by atoms with E-state index in [1.807, 2.05) is 17.6 Å². The summed E-state index contributed by atoms with van der Waals surface area (Å²) in [4.78, 5) is 7.34. The summed E-state index contributed by atoms with van der Waals surface area (Å²) in [6.45, 7) is 6.30. The first-order valence-electron chi connectivity index (χ1n) is 5.70. The second-order valence-electron chi connectivity index (χ2n) is 4.05. The van der Waals surface area contributed by atoms with Crippen LogP contribution in [0.15, 0.2) is 17.1 Å². The average molecular weight is 231 g/mol. The molecule has 1 aromatic heterocycles. The van der Waals surface area contributed by atoms with Crippen molar-refractivity contribution in [1.29, 1.82) is 0 Å². The lowest BCUT2D eigenvalue weighted by atomic mass is 10.0. The standard InChI is InChI=1S/C14H17NS/c1-4-6-11-12-9-15-10(3)8-14(12)16-13(11)7-5-2/h4-7,9-10H,8H2,1-3H3/b6-4-,7-5-. The van der Waals surface area contributed by atoms with Crippen molar-refractivity contribution in [1.82, 2.24) is 0 Å². The van der Waals surface area contributed by atoms with Gasteiger partial charge in [-0.05, 0) is 26.8 Å². The molecule has 1 unspecified atom stereocenters. The monoisotopic (exact) mass is 231 g/mol. The summed E-state index contributed by atoms with van der Waals surface area (Å²) in [7, 11) is 0. The van der Waals surface area contributed by atoms with Crippen molar-refractivity contribution in [3.8, 4) is 0 Å². The smallest absolute Gasteiger partial charge is 0.0520 e. The van der Waals surface area contributed by atoms with Gasteiger partial charge >= 0.3 is 0 Å². The maximum atomic E-state index is 4.51. The third-order valence-corrected chi connectivity index (χ3v) is 3.89. The molecule has 1 nitrogen and oxygen atoms in total. The minimum Gasteiger partial charge on any atom is -0.289 e. The minimum absolute atomic E-state index is 0.433. The van der Waals surface area contributed by atoms with Crippen LogP contribution < -0.4 is 0 Å². The van der Waals surface area contributed by atoms with Crippen molar-refractivity contribution < 1.29 is 0 Å². The molecule has 1 aliphatic heterocycles. The van der Waals surface area contributed by atoms with Crippen LogP contribution in [-0.2, 0) is 6.42 Å². The van der Waals surface area contributed by atoms with E-state index in [-0.39, 0.29) is 0 Å². The van der Waals surface area contributed by atoms with E-state index >= 15 is 0 Å². The fraction of sp³-hybridized carbons (Fsp3) is 0.357. The molecule has 0 N–H and O–H groups in total. The molecule has 0 saturated carbocycles. The van der Waals surface area contributed by atoms with Gasteiger partial charge in [0.15, 0.2) is 0 Å². The molecule has 2 rings (SSSR count). The van der Waals surface area contributed by atoms with Crippen molar-refractivity contribution in [3.05, 3.63) is 33.0 Å². The summed E-state index contributed by atoms with van der Waals surface area (Å²) in [5.74, 6) is 0. The van der Waals surface area contributed by atoms with E-state index in [2.05, 4.69) is 50.1 Å². The zero-order valence-electron chi connectivity index (χ0n) is 10.0. The first-order valence-corrected chi connectivity index (χ1v) is 6.52. The highest BCUT2D eigenvalue weighted by molar-refractivity contribution is 7.13. The Bertz CT molecular complexity index is 463. The molecular weight excluding hydrogens is 214 g/mol. The molecule has 1 aliphatic rings. The molecule has 2 heteroatoms. The highest BCUT2D eigenvalue weighted by atomic mass is 32.1. The lowest BCUT2D eigenvalue weighted by molar-refractivity contribution is 0.742. The molecule has 84 valence electrons. The molecule has 0 radical (unpaired) electrons. The van der Waals surface area contributed by atoms with Crippen LogP contribution in [0.2, 0.25) is 0 Å². The molecule has 0 aromatic carbocycles. The molecule has 2 heterocycles. The van der Waals surface area contributed by atoms with Crippen LogP contribution in [0.1, 0.15) is 41.7 Å². The zero-order valence-corrected chi connectivity index (χ0v) is 10.8. The first-order chi connectivity index (χ1) is 7.76. The highest BCUT2D eigenvalue weighted by Gasteiger charge is 2.18. The fourth-order valence-corrected chi connectivity index (χ4v) is 3.31. The van der Waals surface area contributed by atoms with Crippen LogP contribution in [0.5, 0.6) is 0 Å². The third kappa shape index (κ3) is 2.03. The molecule has 0 spiro atoms. The van der Waals surface area contributed by atoms with Gasteiger partial charge in [0.2, 0.25) is 0 Å². The summed E-state index contributed by atoms with van der Waals surface area (Å²) in [5.41, 5.74) is 2.66. The number of fused-ring (bicyclic) bond motifs is 1. The molecule has 0 bridgehead atoms. The Morgan fingerprint density at radius 2 is 2.06 bits per heavy atom. The second kappa shape index (κ2) is 4.79. The summed E-state index contributed by atoms with van der Waals surface area (Å²) < 4.78 is 0. The van der Waals surface area contributed by atoms with Crippen LogP contribution in [0.25, 0.3) is 12.2 Å². The molecule has 0 amide bonds. The molecule has 0 aliphatic carbocycles.